The molecule has 1 saturated heterocycles. The number of ether oxygens (including phenoxy) is 1. The first-order valence-electron chi connectivity index (χ1n) is 3.81. The Morgan fingerprint density at radius 2 is 2.31 bits per heavy atom. The Hall–Kier alpha value is -1.04. The molecule has 6 heteroatoms. The summed E-state index contributed by atoms with van der Waals surface area (Å²) in [5, 5.41) is 12.1. The molecule has 2 atom stereocenters. The molecule has 0 aromatic carbocycles. The summed E-state index contributed by atoms with van der Waals surface area (Å²) in [5.41, 5.74) is 1.17. The van der Waals surface area contributed by atoms with Gasteiger partial charge in [0.15, 0.2) is 0 Å². The zero-order valence-corrected chi connectivity index (χ0v) is 7.40. The van der Waals surface area contributed by atoms with Crippen molar-refractivity contribution in [1.82, 2.24) is 0 Å². The summed E-state index contributed by atoms with van der Waals surface area (Å²) in [5.74, 6) is 0.847. The maximum atomic E-state index is 5.15. The van der Waals surface area contributed by atoms with E-state index in [9.17, 15) is 0 Å². The van der Waals surface area contributed by atoms with Crippen LogP contribution in [0.15, 0.2) is 39.5 Å². The van der Waals surface area contributed by atoms with Crippen LogP contribution in [0, 0.1) is 0 Å². The largest absolute Gasteiger partial charge is 1.00 e. The highest BCUT2D eigenvalue weighted by atomic mass is 35.5. The predicted molar refractivity (Wildman–Crippen MR) is 40.2 cm³/mol. The van der Waals surface area contributed by atoms with E-state index in [4.69, 9.17) is 4.74 Å². The molecule has 5 nitrogen and oxygen atoms in total. The minimum absolute atomic E-state index is 0. The molecule has 1 unspecified atom stereocenters. The van der Waals surface area contributed by atoms with Crippen molar-refractivity contribution in [3.05, 3.63) is 23.9 Å². The molecule has 0 aromatic heterocycles. The predicted octanol–water partition coefficient (Wildman–Crippen LogP) is -3.58. The van der Waals surface area contributed by atoms with E-state index >= 15 is 0 Å². The lowest BCUT2D eigenvalue weighted by atomic mass is 10.1. The Bertz CT molecular complexity index is 342. The van der Waals surface area contributed by atoms with Crippen LogP contribution in [-0.2, 0) is 4.74 Å². The first kappa shape index (κ1) is 8.55. The standard InChI is InChI=1S/C7H6N4O.ClH/c1-2-7-8-9-10-11(7)3-5(1)6-4-12-6;/h1-3,6H,4H2;1H/t6-;/m0./s1. The van der Waals surface area contributed by atoms with Crippen molar-refractivity contribution in [2.24, 2.45) is 15.5 Å². The highest BCUT2D eigenvalue weighted by Crippen LogP contribution is 2.20. The summed E-state index contributed by atoms with van der Waals surface area (Å²) in [6.07, 6.45) is 6.20. The summed E-state index contributed by atoms with van der Waals surface area (Å²) in [6, 6.07) is 0. The van der Waals surface area contributed by atoms with Gasteiger partial charge in [-0.3, -0.25) is 0 Å². The Balaban J connectivity index is 0.000000653. The van der Waals surface area contributed by atoms with Gasteiger partial charge in [-0.05, 0) is 6.08 Å². The van der Waals surface area contributed by atoms with Gasteiger partial charge in [-0.2, -0.15) is 0 Å². The number of hydrogen-bond donors (Lipinski definition) is 1. The van der Waals surface area contributed by atoms with E-state index in [0.29, 0.717) is 0 Å². The molecule has 0 amide bonds. The Labute approximate surface area is 80.8 Å². The number of fused-ring (bicyclic) bond motifs is 1. The van der Waals surface area contributed by atoms with Crippen LogP contribution in [0.5, 0.6) is 0 Å². The minimum atomic E-state index is 0. The molecule has 0 aliphatic carbocycles. The van der Waals surface area contributed by atoms with Crippen molar-refractivity contribution in [1.29, 1.82) is 0 Å². The van der Waals surface area contributed by atoms with Crippen molar-refractivity contribution < 1.29 is 22.2 Å². The van der Waals surface area contributed by atoms with Crippen LogP contribution in [0.25, 0.3) is 0 Å². The number of nitrogens with zero attached hydrogens (tertiary/aromatic N) is 3. The fourth-order valence-corrected chi connectivity index (χ4v) is 1.26. The molecular formula is C7H7ClN4O. The molecule has 3 heterocycles. The van der Waals surface area contributed by atoms with Crippen molar-refractivity contribution >= 4 is 5.84 Å². The van der Waals surface area contributed by atoms with Crippen LogP contribution >= 0.6 is 0 Å². The number of epoxide rings is 1. The topological polar surface area (TPSA) is 54.0 Å². The fraction of sp³-hybridized carbons (Fsp3) is 0.286. The molecule has 0 spiro atoms. The first-order chi connectivity index (χ1) is 5.93. The Kier molecular flexibility index (Phi) is 1.99. The van der Waals surface area contributed by atoms with Gasteiger partial charge in [-0.1, -0.05) is 5.10 Å². The molecule has 0 aromatic rings. The molecule has 3 aliphatic rings. The van der Waals surface area contributed by atoms with E-state index in [-0.39, 0.29) is 18.5 Å². The lowest BCUT2D eigenvalue weighted by Gasteiger charge is -2.05. The minimum Gasteiger partial charge on any atom is -1.00 e. The fourth-order valence-electron chi connectivity index (χ4n) is 1.26. The maximum Gasteiger partial charge on any atom is 0.279 e. The van der Waals surface area contributed by atoms with E-state index in [1.807, 2.05) is 18.4 Å². The van der Waals surface area contributed by atoms with Gasteiger partial charge in [0.25, 0.3) is 5.84 Å². The lowest BCUT2D eigenvalue weighted by Crippen LogP contribution is -3.04. The van der Waals surface area contributed by atoms with E-state index in [1.165, 1.54) is 5.57 Å². The molecule has 3 rings (SSSR count). The lowest BCUT2D eigenvalue weighted by molar-refractivity contribution is -0.755. The summed E-state index contributed by atoms with van der Waals surface area (Å²) >= 11 is 0. The highest BCUT2D eigenvalue weighted by molar-refractivity contribution is 5.87. The second kappa shape index (κ2) is 3.02. The zero-order chi connectivity index (χ0) is 7.97. The zero-order valence-electron chi connectivity index (χ0n) is 6.64. The molecule has 0 bridgehead atoms. The number of rotatable bonds is 1. The van der Waals surface area contributed by atoms with E-state index in [0.717, 1.165) is 17.5 Å². The molecule has 68 valence electrons. The molecule has 0 saturated carbocycles. The number of quaternary nitrogens is 1. The van der Waals surface area contributed by atoms with Gasteiger partial charge in [0, 0.05) is 16.9 Å². The Morgan fingerprint density at radius 3 is 3.08 bits per heavy atom. The number of nitrogens with one attached hydrogen (secondary N) is 1. The van der Waals surface area contributed by atoms with Crippen LogP contribution in [0.3, 0.4) is 0 Å². The Morgan fingerprint density at radius 1 is 1.46 bits per heavy atom. The van der Waals surface area contributed by atoms with E-state index in [1.54, 1.807) is 0 Å². The van der Waals surface area contributed by atoms with Gasteiger partial charge in [0.2, 0.25) is 0 Å². The van der Waals surface area contributed by atoms with Crippen molar-refractivity contribution in [2.45, 2.75) is 6.10 Å². The van der Waals surface area contributed by atoms with Crippen LogP contribution in [-0.4, -0.2) is 18.5 Å². The van der Waals surface area contributed by atoms with E-state index < -0.39 is 0 Å². The van der Waals surface area contributed by atoms with Crippen molar-refractivity contribution in [2.75, 3.05) is 6.61 Å². The average molecular weight is 199 g/mol. The summed E-state index contributed by atoms with van der Waals surface area (Å²) in [6.45, 7) is 0.826. The number of amidine groups is 1. The van der Waals surface area contributed by atoms with Crippen LogP contribution in [0.4, 0.5) is 0 Å². The monoisotopic (exact) mass is 198 g/mol. The van der Waals surface area contributed by atoms with Gasteiger partial charge in [0.1, 0.15) is 12.3 Å². The third kappa shape index (κ3) is 1.41. The summed E-state index contributed by atoms with van der Waals surface area (Å²) in [7, 11) is 0. The average Bonchev–Trinajstić information content (AvgIpc) is 2.84. The van der Waals surface area contributed by atoms with Gasteiger partial charge >= 0.3 is 0 Å². The van der Waals surface area contributed by atoms with Crippen molar-refractivity contribution in [3.63, 3.8) is 0 Å². The molecule has 13 heavy (non-hydrogen) atoms. The molecule has 1 fully saturated rings. The third-order valence-corrected chi connectivity index (χ3v) is 2.01. The van der Waals surface area contributed by atoms with Gasteiger partial charge in [-0.15, -0.1) is 5.01 Å². The second-order valence-corrected chi connectivity index (χ2v) is 2.86. The summed E-state index contributed by atoms with van der Waals surface area (Å²) in [4.78, 5) is 0. The molecule has 1 N–H and O–H groups in total. The van der Waals surface area contributed by atoms with Crippen LogP contribution in [0.2, 0.25) is 0 Å². The van der Waals surface area contributed by atoms with Crippen LogP contribution < -0.4 is 17.4 Å². The maximum absolute atomic E-state index is 5.15. The SMILES string of the molecule is C1=CC2=NN=N[NH+]2C=C1[C@@H]1CO1.[Cl-]. The molecule has 0 radical (unpaired) electrons. The van der Waals surface area contributed by atoms with Crippen molar-refractivity contribution in [3.8, 4) is 0 Å². The van der Waals surface area contributed by atoms with Gasteiger partial charge in [0.05, 0.1) is 11.8 Å². The van der Waals surface area contributed by atoms with E-state index in [2.05, 4.69) is 15.5 Å². The van der Waals surface area contributed by atoms with Crippen LogP contribution in [0.1, 0.15) is 0 Å². The molecule has 3 aliphatic heterocycles. The van der Waals surface area contributed by atoms with Gasteiger partial charge < -0.3 is 17.1 Å². The third-order valence-electron chi connectivity index (χ3n) is 2.01. The summed E-state index contributed by atoms with van der Waals surface area (Å²) < 4.78 is 5.15. The normalized spacial score (nSPS) is 33.2. The van der Waals surface area contributed by atoms with Gasteiger partial charge in [-0.25, -0.2) is 0 Å². The smallest absolute Gasteiger partial charge is 0.279 e. The number of hydrogen-bond acceptors (Lipinski definition) is 4. The first-order valence-corrected chi connectivity index (χ1v) is 3.81. The second-order valence-electron chi connectivity index (χ2n) is 2.86. The quantitative estimate of drug-likeness (QED) is 0.436. The highest BCUT2D eigenvalue weighted by Gasteiger charge is 2.32. The number of halogens is 1. The molecular weight excluding hydrogens is 192 g/mol.